The van der Waals surface area contributed by atoms with Crippen LogP contribution in [-0.2, 0) is 33.9 Å². The number of alkyl carbamates (subject to hydrolysis) is 1. The van der Waals surface area contributed by atoms with Crippen LogP contribution in [0.15, 0.2) is 53.3 Å². The van der Waals surface area contributed by atoms with Gasteiger partial charge in [0.15, 0.2) is 0 Å². The van der Waals surface area contributed by atoms with Crippen LogP contribution < -0.4 is 24.8 Å². The lowest BCUT2D eigenvalue weighted by atomic mass is 10.1. The largest absolute Gasteiger partial charge is 0.497 e. The predicted octanol–water partition coefficient (Wildman–Crippen LogP) is 2.99. The molecule has 3 fully saturated rings. The van der Waals surface area contributed by atoms with E-state index in [1.807, 2.05) is 6.08 Å². The molecule has 3 aromatic rings. The molecular formula is C38H46N6O11S. The normalized spacial score (nSPS) is 26.5. The van der Waals surface area contributed by atoms with Gasteiger partial charge in [-0.25, -0.2) is 23.2 Å². The summed E-state index contributed by atoms with van der Waals surface area (Å²) in [5.41, 5.74) is -2.06. The molecule has 7 rings (SSSR count). The number of nitrogens with one attached hydrogen (secondary N) is 3. The number of aromatic nitrogens is 2. The average Bonchev–Trinajstić information content (AvgIpc) is 4.00. The van der Waals surface area contributed by atoms with E-state index in [0.717, 1.165) is 0 Å². The second kappa shape index (κ2) is 15.4. The molecule has 17 nitrogen and oxygen atoms in total. The number of amides is 4. The van der Waals surface area contributed by atoms with Crippen molar-refractivity contribution in [2.45, 2.75) is 93.9 Å². The lowest BCUT2D eigenvalue weighted by Gasteiger charge is -2.30. The number of fused-ring (bicyclic) bond motifs is 3. The van der Waals surface area contributed by atoms with E-state index in [1.54, 1.807) is 58.2 Å². The molecule has 1 saturated heterocycles. The van der Waals surface area contributed by atoms with E-state index in [0.29, 0.717) is 47.9 Å². The minimum absolute atomic E-state index is 0.0429. The summed E-state index contributed by atoms with van der Waals surface area (Å²) in [6, 6.07) is 4.63. The van der Waals surface area contributed by atoms with Crippen LogP contribution in [0.25, 0.3) is 22.4 Å². The van der Waals surface area contributed by atoms with E-state index in [-0.39, 0.29) is 44.4 Å². The fraction of sp³-hybridized carbons (Fsp3) is 0.526. The molecule has 2 unspecified atom stereocenters. The number of rotatable bonds is 8. The van der Waals surface area contributed by atoms with Gasteiger partial charge in [-0.1, -0.05) is 12.2 Å². The van der Waals surface area contributed by atoms with Gasteiger partial charge >= 0.3 is 6.09 Å². The highest BCUT2D eigenvalue weighted by Gasteiger charge is 2.62. The molecule has 4 heterocycles. The lowest BCUT2D eigenvalue weighted by Crippen LogP contribution is -2.59. The molecule has 0 bridgehead atoms. The molecule has 56 heavy (non-hydrogen) atoms. The van der Waals surface area contributed by atoms with Crippen molar-refractivity contribution in [1.82, 2.24) is 30.2 Å². The van der Waals surface area contributed by atoms with Crippen LogP contribution in [0.5, 0.6) is 11.6 Å². The zero-order valence-electron chi connectivity index (χ0n) is 31.6. The fourth-order valence-corrected chi connectivity index (χ4v) is 8.33. The van der Waals surface area contributed by atoms with E-state index in [1.165, 1.54) is 17.4 Å². The smallest absolute Gasteiger partial charge is 0.408 e. The van der Waals surface area contributed by atoms with Crippen LogP contribution in [0.4, 0.5) is 4.79 Å². The third-order valence-electron chi connectivity index (χ3n) is 10.0. The molecule has 0 spiro atoms. The molecule has 2 aromatic heterocycles. The first-order valence-corrected chi connectivity index (χ1v) is 20.2. The van der Waals surface area contributed by atoms with Gasteiger partial charge in [-0.3, -0.25) is 19.1 Å². The van der Waals surface area contributed by atoms with Gasteiger partial charge < -0.3 is 38.9 Å². The molecule has 18 heteroatoms. The van der Waals surface area contributed by atoms with Gasteiger partial charge in [-0.15, -0.1) is 0 Å². The Labute approximate surface area is 323 Å². The van der Waals surface area contributed by atoms with Crippen molar-refractivity contribution >= 4 is 44.6 Å². The molecular weight excluding hydrogens is 749 g/mol. The number of ether oxygens (including phenoxy) is 4. The van der Waals surface area contributed by atoms with Gasteiger partial charge in [0.05, 0.1) is 31.7 Å². The number of sulfonamides is 1. The summed E-state index contributed by atoms with van der Waals surface area (Å²) in [6.07, 6.45) is 7.02. The Hall–Kier alpha value is -5.23. The van der Waals surface area contributed by atoms with Crippen LogP contribution in [0.3, 0.4) is 0 Å². The molecule has 300 valence electrons. The molecule has 1 aromatic carbocycles. The summed E-state index contributed by atoms with van der Waals surface area (Å²) >= 11 is 0. The molecule has 0 radical (unpaired) electrons. The number of hydrogen-bond donors (Lipinski definition) is 3. The summed E-state index contributed by atoms with van der Waals surface area (Å²) < 4.78 is 56.7. The zero-order valence-corrected chi connectivity index (χ0v) is 32.4. The minimum Gasteiger partial charge on any atom is -0.497 e. The number of benzene rings is 1. The third-order valence-corrected chi connectivity index (χ3v) is 11.9. The number of hydrogen-bond acceptors (Lipinski definition) is 13. The van der Waals surface area contributed by atoms with Gasteiger partial charge in [-0.05, 0) is 82.5 Å². The topological polar surface area (TPSA) is 218 Å². The quantitative estimate of drug-likeness (QED) is 0.280. The number of allylic oxidation sites excluding steroid dienone is 1. The summed E-state index contributed by atoms with van der Waals surface area (Å²) in [5.74, 6) is -1.65. The highest BCUT2D eigenvalue weighted by Crippen LogP contribution is 2.46. The second-order valence-corrected chi connectivity index (χ2v) is 17.5. The van der Waals surface area contributed by atoms with Crippen LogP contribution >= 0.6 is 0 Å². The molecule has 5 atom stereocenters. The SMILES string of the molecule is COc1ccc2c(OC3C[C@H]4C(=O)N[C@]5(C(=O)NS(=O)(=O)C6CC6)CC5/C=C\CCCOC[C@H](NC(=O)OC(C)(C)C)C(=O)N4C3)nc(-c3ncco3)cc2c1. The van der Waals surface area contributed by atoms with E-state index >= 15 is 0 Å². The number of carbonyl (C=O) groups is 4. The van der Waals surface area contributed by atoms with Gasteiger partial charge in [0, 0.05) is 24.3 Å². The molecule has 2 aliphatic heterocycles. The van der Waals surface area contributed by atoms with E-state index < -0.39 is 74.3 Å². The number of oxazole rings is 1. The summed E-state index contributed by atoms with van der Waals surface area (Å²) in [4.78, 5) is 65.9. The average molecular weight is 795 g/mol. The molecule has 4 aliphatic rings. The number of carbonyl (C=O) groups excluding carboxylic acids is 4. The number of methoxy groups -OCH3 is 1. The number of nitrogens with zero attached hydrogens (tertiary/aromatic N) is 3. The van der Waals surface area contributed by atoms with Gasteiger partial charge in [-0.2, -0.15) is 0 Å². The first-order valence-electron chi connectivity index (χ1n) is 18.6. The first-order chi connectivity index (χ1) is 26.7. The van der Waals surface area contributed by atoms with Crippen molar-refractivity contribution < 1.29 is 51.0 Å². The van der Waals surface area contributed by atoms with Crippen molar-refractivity contribution in [1.29, 1.82) is 0 Å². The molecule has 3 N–H and O–H groups in total. The monoisotopic (exact) mass is 794 g/mol. The van der Waals surface area contributed by atoms with Crippen molar-refractivity contribution in [3.05, 3.63) is 48.9 Å². The first kappa shape index (κ1) is 39.0. The lowest BCUT2D eigenvalue weighted by molar-refractivity contribution is -0.142. The Kier molecular flexibility index (Phi) is 10.7. The summed E-state index contributed by atoms with van der Waals surface area (Å²) in [6.45, 7) is 4.99. The van der Waals surface area contributed by atoms with Crippen LogP contribution in [0.1, 0.15) is 59.3 Å². The standard InChI is InChI=1S/C38H46N6O11S/c1-37(2,3)55-36(48)41-29-21-52-14-7-5-6-8-23-19-38(23,35(47)43-56(49,50)26-10-11-26)42-31(45)30-18-25(20-44(30)34(29)46)54-32-27-12-9-24(51-4)16-22(27)17-28(40-32)33-39-13-15-53-33/h6,8-9,12-13,15-17,23,25-26,29-30H,5,7,10-11,14,18-21H2,1-4H3,(H,41,48)(H,42,45)(H,43,47)/b8-6-/t23?,25?,29-,30-,38+/m0/s1. The highest BCUT2D eigenvalue weighted by molar-refractivity contribution is 7.91. The predicted molar refractivity (Wildman–Crippen MR) is 200 cm³/mol. The Morgan fingerprint density at radius 2 is 1.95 bits per heavy atom. The second-order valence-electron chi connectivity index (χ2n) is 15.5. The fourth-order valence-electron chi connectivity index (χ4n) is 6.97. The molecule has 2 aliphatic carbocycles. The van der Waals surface area contributed by atoms with Gasteiger partial charge in [0.2, 0.25) is 33.6 Å². The minimum atomic E-state index is -3.93. The maximum Gasteiger partial charge on any atom is 0.408 e. The van der Waals surface area contributed by atoms with Crippen molar-refractivity contribution in [3.8, 4) is 23.2 Å². The molecule has 2 saturated carbocycles. The molecule has 4 amide bonds. The van der Waals surface area contributed by atoms with Crippen LogP contribution in [0, 0.1) is 5.92 Å². The summed E-state index contributed by atoms with van der Waals surface area (Å²) in [7, 11) is -2.38. The Morgan fingerprint density at radius 3 is 2.66 bits per heavy atom. The van der Waals surface area contributed by atoms with Crippen LogP contribution in [0.2, 0.25) is 0 Å². The Bertz CT molecular complexity index is 2130. The van der Waals surface area contributed by atoms with Crippen LogP contribution in [-0.4, -0.2) is 109 Å². The van der Waals surface area contributed by atoms with Crippen molar-refractivity contribution in [2.75, 3.05) is 26.9 Å². The Morgan fingerprint density at radius 1 is 1.14 bits per heavy atom. The van der Waals surface area contributed by atoms with Gasteiger partial charge in [0.1, 0.15) is 47.0 Å². The number of pyridine rings is 1. The van der Waals surface area contributed by atoms with Gasteiger partial charge in [0.25, 0.3) is 5.91 Å². The Balaban J connectivity index is 1.22. The maximum atomic E-state index is 14.5. The maximum absolute atomic E-state index is 14.5. The van der Waals surface area contributed by atoms with E-state index in [9.17, 15) is 27.6 Å². The van der Waals surface area contributed by atoms with Crippen molar-refractivity contribution in [3.63, 3.8) is 0 Å². The summed E-state index contributed by atoms with van der Waals surface area (Å²) in [5, 5.41) is 6.11. The van der Waals surface area contributed by atoms with Crippen molar-refractivity contribution in [2.24, 2.45) is 5.92 Å². The van der Waals surface area contributed by atoms with E-state index in [2.05, 4.69) is 20.3 Å². The highest BCUT2D eigenvalue weighted by atomic mass is 32.2. The zero-order chi connectivity index (χ0) is 39.8. The van der Waals surface area contributed by atoms with E-state index in [4.69, 9.17) is 28.3 Å². The third kappa shape index (κ3) is 8.60.